The minimum Gasteiger partial charge on any atom is -0.459 e. The molecule has 0 aromatic heterocycles. The molecule has 11 heteroatoms. The molecule has 1 N–H and O–H groups in total. The molecular weight excluding hydrogens is 284 g/mol. The van der Waals surface area contributed by atoms with Gasteiger partial charge in [0.25, 0.3) is 0 Å². The van der Waals surface area contributed by atoms with Crippen molar-refractivity contribution in [3.63, 3.8) is 0 Å². The van der Waals surface area contributed by atoms with Crippen LogP contribution in [0.2, 0.25) is 0 Å². The van der Waals surface area contributed by atoms with Crippen molar-refractivity contribution in [3.8, 4) is 0 Å². The van der Waals surface area contributed by atoms with Gasteiger partial charge in [0.1, 0.15) is 19.0 Å². The molecule has 1 rings (SSSR count). The Morgan fingerprint density at radius 3 is 2.52 bits per heavy atom. The minimum atomic E-state index is -1.09. The first-order chi connectivity index (χ1) is 10.0. The summed E-state index contributed by atoms with van der Waals surface area (Å²) in [6, 6.07) is -1.82. The Hall–Kier alpha value is -2.03. The lowest BCUT2D eigenvalue weighted by atomic mass is 9.84. The number of hydrogen-bond acceptors (Lipinski definition) is 7. The van der Waals surface area contributed by atoms with E-state index in [2.05, 4.69) is 20.1 Å². The number of hydrogen-bond donors (Lipinski definition) is 1. The first-order valence-electron chi connectivity index (χ1n) is 6.09. The molecule has 1 fully saturated rings. The number of methoxy groups -OCH3 is 1. The normalized spacial score (nSPS) is 31.7. The third kappa shape index (κ3) is 4.48. The zero-order valence-electron chi connectivity index (χ0n) is 11.6. The van der Waals surface area contributed by atoms with Gasteiger partial charge in [-0.3, -0.25) is 4.79 Å². The fraction of sp³-hybridized carbons (Fsp3) is 0.900. The van der Waals surface area contributed by atoms with Crippen molar-refractivity contribution in [1.82, 2.24) is 0 Å². The van der Waals surface area contributed by atoms with Gasteiger partial charge in [-0.15, -0.1) is 0 Å². The van der Waals surface area contributed by atoms with Gasteiger partial charge in [-0.05, 0) is 17.5 Å². The number of nitrogens with zero attached hydrogens (tertiary/aromatic N) is 6. The average Bonchev–Trinajstić information content (AvgIpc) is 2.43. The van der Waals surface area contributed by atoms with Gasteiger partial charge in [0.15, 0.2) is 0 Å². The molecule has 21 heavy (non-hydrogen) atoms. The smallest absolute Gasteiger partial charge is 0.303 e. The van der Waals surface area contributed by atoms with E-state index in [0.717, 1.165) is 0 Å². The van der Waals surface area contributed by atoms with E-state index in [4.69, 9.17) is 25.3 Å². The van der Waals surface area contributed by atoms with Crippen LogP contribution in [0, 0.1) is 0 Å². The molecule has 0 aromatic rings. The van der Waals surface area contributed by atoms with Crippen molar-refractivity contribution in [2.45, 2.75) is 43.7 Å². The second-order valence-electron chi connectivity index (χ2n) is 4.38. The van der Waals surface area contributed by atoms with E-state index < -0.39 is 36.4 Å². The predicted molar refractivity (Wildman–Crippen MR) is 68.8 cm³/mol. The SMILES string of the molecule is COCO[C@H]1[C@@H](N=[N+]=[N-])[C@H](O)C[C@@H](N=[N+]=[N-])[C@@H]1OC(C)=O. The molecule has 0 heterocycles. The first-order valence-corrected chi connectivity index (χ1v) is 6.09. The zero-order chi connectivity index (χ0) is 15.8. The van der Waals surface area contributed by atoms with Crippen LogP contribution in [0.3, 0.4) is 0 Å². The van der Waals surface area contributed by atoms with Gasteiger partial charge in [0, 0.05) is 23.9 Å². The maximum atomic E-state index is 11.2. The van der Waals surface area contributed by atoms with Crippen molar-refractivity contribution >= 4 is 5.97 Å². The fourth-order valence-electron chi connectivity index (χ4n) is 2.21. The molecule has 0 radical (unpaired) electrons. The fourth-order valence-corrected chi connectivity index (χ4v) is 2.21. The Morgan fingerprint density at radius 1 is 1.33 bits per heavy atom. The number of azide groups is 2. The summed E-state index contributed by atoms with van der Waals surface area (Å²) in [5.41, 5.74) is 17.2. The van der Waals surface area contributed by atoms with Gasteiger partial charge in [0.2, 0.25) is 0 Å². The molecule has 1 saturated carbocycles. The molecule has 0 saturated heterocycles. The second-order valence-corrected chi connectivity index (χ2v) is 4.38. The highest BCUT2D eigenvalue weighted by Crippen LogP contribution is 2.30. The highest BCUT2D eigenvalue weighted by atomic mass is 16.7. The van der Waals surface area contributed by atoms with E-state index in [0.29, 0.717) is 0 Å². The summed E-state index contributed by atoms with van der Waals surface area (Å²) in [5, 5.41) is 17.0. The first kappa shape index (κ1) is 17.0. The summed E-state index contributed by atoms with van der Waals surface area (Å²) in [4.78, 5) is 16.5. The van der Waals surface area contributed by atoms with Crippen molar-refractivity contribution in [2.24, 2.45) is 10.2 Å². The summed E-state index contributed by atoms with van der Waals surface area (Å²) >= 11 is 0. The van der Waals surface area contributed by atoms with Crippen LogP contribution in [0.25, 0.3) is 20.9 Å². The monoisotopic (exact) mass is 300 g/mol. The van der Waals surface area contributed by atoms with Crippen molar-refractivity contribution in [2.75, 3.05) is 13.9 Å². The van der Waals surface area contributed by atoms with Crippen LogP contribution in [0.5, 0.6) is 0 Å². The number of ether oxygens (including phenoxy) is 3. The van der Waals surface area contributed by atoms with Crippen LogP contribution in [0.1, 0.15) is 13.3 Å². The Balaban J connectivity index is 3.11. The molecule has 0 amide bonds. The quantitative estimate of drug-likeness (QED) is 0.254. The predicted octanol–water partition coefficient (Wildman–Crippen LogP) is 1.03. The van der Waals surface area contributed by atoms with Crippen molar-refractivity contribution in [1.29, 1.82) is 0 Å². The van der Waals surface area contributed by atoms with Crippen molar-refractivity contribution in [3.05, 3.63) is 20.9 Å². The molecule has 116 valence electrons. The van der Waals surface area contributed by atoms with E-state index in [-0.39, 0.29) is 13.2 Å². The lowest BCUT2D eigenvalue weighted by Gasteiger charge is -2.40. The van der Waals surface area contributed by atoms with Gasteiger partial charge >= 0.3 is 5.97 Å². The van der Waals surface area contributed by atoms with Crippen LogP contribution in [0.4, 0.5) is 0 Å². The standard InChI is InChI=1S/C10H16N6O5/c1-5(17)21-9-6(13-15-11)3-7(18)8(14-16-12)10(9)20-4-19-2/h6-10,18H,3-4H2,1-2H3/t6-,7-,8+,9+,10+/m1/s1. The van der Waals surface area contributed by atoms with Gasteiger partial charge in [-0.1, -0.05) is 10.2 Å². The summed E-state index contributed by atoms with van der Waals surface area (Å²) in [6.45, 7) is 1.02. The molecule has 0 spiro atoms. The van der Waals surface area contributed by atoms with Gasteiger partial charge in [-0.25, -0.2) is 0 Å². The van der Waals surface area contributed by atoms with E-state index in [1.165, 1.54) is 14.0 Å². The highest BCUT2D eigenvalue weighted by molar-refractivity contribution is 5.66. The number of aliphatic hydroxyl groups excluding tert-OH is 1. The molecule has 1 aliphatic rings. The van der Waals surface area contributed by atoms with Crippen LogP contribution in [0.15, 0.2) is 10.2 Å². The number of carbonyl (C=O) groups excluding carboxylic acids is 1. The third-order valence-corrected chi connectivity index (χ3v) is 2.98. The van der Waals surface area contributed by atoms with E-state index in [9.17, 15) is 9.90 Å². The number of aliphatic hydroxyl groups is 1. The highest BCUT2D eigenvalue weighted by Gasteiger charge is 2.46. The van der Waals surface area contributed by atoms with Gasteiger partial charge < -0.3 is 19.3 Å². The molecule has 0 bridgehead atoms. The molecule has 1 aliphatic carbocycles. The molecule has 0 unspecified atom stereocenters. The van der Waals surface area contributed by atoms with E-state index in [1.54, 1.807) is 0 Å². The Bertz CT molecular complexity index is 461. The molecule has 0 aliphatic heterocycles. The number of carbonyl (C=O) groups is 1. The average molecular weight is 300 g/mol. The minimum absolute atomic E-state index is 0.0153. The number of rotatable bonds is 6. The van der Waals surface area contributed by atoms with Crippen molar-refractivity contribution < 1.29 is 24.1 Å². The van der Waals surface area contributed by atoms with Gasteiger partial charge in [0.05, 0.1) is 18.2 Å². The Kier molecular flexibility index (Phi) is 6.73. The lowest BCUT2D eigenvalue weighted by Crippen LogP contribution is -2.57. The Labute approximate surface area is 120 Å². The van der Waals surface area contributed by atoms with E-state index >= 15 is 0 Å². The van der Waals surface area contributed by atoms with Crippen LogP contribution in [-0.2, 0) is 19.0 Å². The summed E-state index contributed by atoms with van der Waals surface area (Å²) in [5.74, 6) is -0.611. The Morgan fingerprint density at radius 2 is 2.00 bits per heavy atom. The van der Waals surface area contributed by atoms with Crippen LogP contribution < -0.4 is 0 Å². The topological polar surface area (TPSA) is 163 Å². The molecule has 0 aromatic carbocycles. The molecule has 11 nitrogen and oxygen atoms in total. The summed E-state index contributed by atoms with van der Waals surface area (Å²) in [6.07, 6.45) is -3.07. The van der Waals surface area contributed by atoms with E-state index in [1.807, 2.05) is 0 Å². The summed E-state index contributed by atoms with van der Waals surface area (Å²) < 4.78 is 15.2. The molecular formula is C10H16N6O5. The lowest BCUT2D eigenvalue weighted by molar-refractivity contribution is -0.181. The zero-order valence-corrected chi connectivity index (χ0v) is 11.6. The maximum Gasteiger partial charge on any atom is 0.303 e. The van der Waals surface area contributed by atoms with Gasteiger partial charge in [-0.2, -0.15) is 0 Å². The summed E-state index contributed by atoms with van der Waals surface area (Å²) in [7, 11) is 1.38. The molecule has 5 atom stereocenters. The number of esters is 1. The largest absolute Gasteiger partial charge is 0.459 e. The van der Waals surface area contributed by atoms with Crippen LogP contribution >= 0.6 is 0 Å². The maximum absolute atomic E-state index is 11.2. The third-order valence-electron chi connectivity index (χ3n) is 2.98. The second kappa shape index (κ2) is 8.30. The van der Waals surface area contributed by atoms with Crippen LogP contribution in [-0.4, -0.2) is 55.4 Å².